The normalized spacial score (nSPS) is 11.0. The molecule has 0 saturated carbocycles. The Labute approximate surface area is 93.4 Å². The van der Waals surface area contributed by atoms with Gasteiger partial charge in [-0.2, -0.15) is 0 Å². The van der Waals surface area contributed by atoms with Crippen LogP contribution in [0, 0.1) is 12.7 Å². The van der Waals surface area contributed by atoms with Gasteiger partial charge in [0, 0.05) is 11.6 Å². The lowest BCUT2D eigenvalue weighted by atomic mass is 10.1. The van der Waals surface area contributed by atoms with Crippen LogP contribution in [0.1, 0.15) is 11.1 Å². The number of halogens is 3. The van der Waals surface area contributed by atoms with E-state index in [-0.39, 0.29) is 5.82 Å². The van der Waals surface area contributed by atoms with Crippen LogP contribution in [0.15, 0.2) is 12.1 Å². The van der Waals surface area contributed by atoms with Gasteiger partial charge in [0.15, 0.2) is 0 Å². The Kier molecular flexibility index (Phi) is 4.17. The molecule has 1 aromatic rings. The molecule has 0 aromatic heterocycles. The van der Waals surface area contributed by atoms with Crippen LogP contribution in [0.4, 0.5) is 4.39 Å². The van der Waals surface area contributed by atoms with E-state index in [1.165, 1.54) is 6.07 Å². The van der Waals surface area contributed by atoms with Crippen molar-refractivity contribution in [2.24, 2.45) is 0 Å². The summed E-state index contributed by atoms with van der Waals surface area (Å²) < 4.78 is 13.2. The van der Waals surface area contributed by atoms with E-state index in [0.717, 1.165) is 5.56 Å². The average molecular weight is 236 g/mol. The molecule has 0 aliphatic carbocycles. The molecule has 0 heterocycles. The zero-order chi connectivity index (χ0) is 10.7. The van der Waals surface area contributed by atoms with Gasteiger partial charge < -0.3 is 0 Å². The van der Waals surface area contributed by atoms with Crippen molar-refractivity contribution in [3.8, 4) is 0 Å². The predicted octanol–water partition coefficient (Wildman–Crippen LogP) is 3.42. The molecule has 0 atom stereocenters. The molecule has 0 aliphatic heterocycles. The van der Waals surface area contributed by atoms with Crippen molar-refractivity contribution in [1.29, 1.82) is 0 Å². The van der Waals surface area contributed by atoms with E-state index in [1.54, 1.807) is 13.0 Å². The van der Waals surface area contributed by atoms with Gasteiger partial charge in [0.25, 0.3) is 0 Å². The van der Waals surface area contributed by atoms with E-state index in [0.29, 0.717) is 23.1 Å². The summed E-state index contributed by atoms with van der Waals surface area (Å²) in [4.78, 5) is 1.84. The zero-order valence-corrected chi connectivity index (χ0v) is 9.66. The maximum atomic E-state index is 13.2. The third-order valence-corrected chi connectivity index (χ3v) is 2.73. The van der Waals surface area contributed by atoms with Gasteiger partial charge in [-0.05, 0) is 37.2 Å². The molecule has 1 aromatic carbocycles. The Hall–Kier alpha value is -0.310. The Balaban J connectivity index is 2.92. The van der Waals surface area contributed by atoms with Crippen LogP contribution in [0.3, 0.4) is 0 Å². The largest absolute Gasteiger partial charge is 0.289 e. The van der Waals surface area contributed by atoms with Crippen LogP contribution in [-0.2, 0) is 6.54 Å². The van der Waals surface area contributed by atoms with Crippen molar-refractivity contribution < 1.29 is 4.39 Å². The standard InChI is InChI=1S/C10H12Cl2FN/c1-7-3-9(12)8(4-10(7)13)5-14(2)6-11/h3-4H,5-6H2,1-2H3. The van der Waals surface area contributed by atoms with Crippen molar-refractivity contribution in [2.75, 3.05) is 13.1 Å². The van der Waals surface area contributed by atoms with Crippen LogP contribution in [0.25, 0.3) is 0 Å². The van der Waals surface area contributed by atoms with Crippen LogP contribution < -0.4 is 0 Å². The van der Waals surface area contributed by atoms with Crippen LogP contribution >= 0.6 is 23.2 Å². The van der Waals surface area contributed by atoms with Gasteiger partial charge in [-0.15, -0.1) is 11.6 Å². The number of aryl methyl sites for hydroxylation is 1. The van der Waals surface area contributed by atoms with Crippen molar-refractivity contribution >= 4 is 23.2 Å². The molecule has 4 heteroatoms. The lowest BCUT2D eigenvalue weighted by molar-refractivity contribution is 0.381. The minimum absolute atomic E-state index is 0.229. The second kappa shape index (κ2) is 4.96. The quantitative estimate of drug-likeness (QED) is 0.574. The SMILES string of the molecule is Cc1cc(Cl)c(CN(C)CCl)cc1F. The van der Waals surface area contributed by atoms with Gasteiger partial charge in [0.05, 0.1) is 6.00 Å². The molecule has 0 spiro atoms. The Bertz CT molecular complexity index is 328. The highest BCUT2D eigenvalue weighted by atomic mass is 35.5. The van der Waals surface area contributed by atoms with Gasteiger partial charge in [0.2, 0.25) is 0 Å². The van der Waals surface area contributed by atoms with Gasteiger partial charge in [-0.25, -0.2) is 4.39 Å². The Morgan fingerprint density at radius 2 is 2.07 bits per heavy atom. The first-order valence-corrected chi connectivity index (χ1v) is 5.15. The van der Waals surface area contributed by atoms with E-state index in [9.17, 15) is 4.39 Å². The summed E-state index contributed by atoms with van der Waals surface area (Å²) in [6.45, 7) is 2.25. The van der Waals surface area contributed by atoms with E-state index < -0.39 is 0 Å². The Morgan fingerprint density at radius 1 is 1.43 bits per heavy atom. The Morgan fingerprint density at radius 3 is 2.64 bits per heavy atom. The number of rotatable bonds is 3. The summed E-state index contributed by atoms with van der Waals surface area (Å²) in [5.41, 5.74) is 1.32. The predicted molar refractivity (Wildman–Crippen MR) is 58.3 cm³/mol. The fraction of sp³-hybridized carbons (Fsp3) is 0.400. The van der Waals surface area contributed by atoms with E-state index in [4.69, 9.17) is 23.2 Å². The highest BCUT2D eigenvalue weighted by Crippen LogP contribution is 2.21. The summed E-state index contributed by atoms with van der Waals surface area (Å²) >= 11 is 11.6. The van der Waals surface area contributed by atoms with Gasteiger partial charge >= 0.3 is 0 Å². The molecule has 78 valence electrons. The van der Waals surface area contributed by atoms with E-state index >= 15 is 0 Å². The molecule has 0 fully saturated rings. The molecule has 0 aliphatic rings. The van der Waals surface area contributed by atoms with Gasteiger partial charge in [-0.1, -0.05) is 11.6 Å². The number of nitrogens with zero attached hydrogens (tertiary/aromatic N) is 1. The maximum Gasteiger partial charge on any atom is 0.126 e. The van der Waals surface area contributed by atoms with Gasteiger partial charge in [-0.3, -0.25) is 4.90 Å². The minimum Gasteiger partial charge on any atom is -0.289 e. The van der Waals surface area contributed by atoms with Crippen molar-refractivity contribution in [3.63, 3.8) is 0 Å². The van der Waals surface area contributed by atoms with Crippen molar-refractivity contribution in [3.05, 3.63) is 34.1 Å². The lowest BCUT2D eigenvalue weighted by Gasteiger charge is -2.14. The first-order valence-electron chi connectivity index (χ1n) is 4.23. The zero-order valence-electron chi connectivity index (χ0n) is 8.15. The lowest BCUT2D eigenvalue weighted by Crippen LogP contribution is -2.15. The topological polar surface area (TPSA) is 3.24 Å². The fourth-order valence-corrected chi connectivity index (χ4v) is 1.50. The molecular weight excluding hydrogens is 224 g/mol. The molecule has 1 nitrogen and oxygen atoms in total. The van der Waals surface area contributed by atoms with E-state index in [2.05, 4.69) is 0 Å². The molecule has 0 bridgehead atoms. The summed E-state index contributed by atoms with van der Waals surface area (Å²) in [5.74, 6) is -0.229. The smallest absolute Gasteiger partial charge is 0.126 e. The molecule has 0 unspecified atom stereocenters. The first-order chi connectivity index (χ1) is 6.54. The summed E-state index contributed by atoms with van der Waals surface area (Å²) in [7, 11) is 1.85. The molecule has 0 radical (unpaired) electrons. The van der Waals surface area contributed by atoms with Crippen molar-refractivity contribution in [2.45, 2.75) is 13.5 Å². The summed E-state index contributed by atoms with van der Waals surface area (Å²) in [5, 5.41) is 0.584. The third-order valence-electron chi connectivity index (χ3n) is 1.97. The monoisotopic (exact) mass is 235 g/mol. The first kappa shape index (κ1) is 11.8. The third kappa shape index (κ3) is 2.84. The maximum absolute atomic E-state index is 13.2. The number of hydrogen-bond donors (Lipinski definition) is 0. The van der Waals surface area contributed by atoms with Crippen LogP contribution in [0.5, 0.6) is 0 Å². The fourth-order valence-electron chi connectivity index (χ4n) is 1.14. The summed E-state index contributed by atoms with van der Waals surface area (Å²) in [6, 6.07) is 3.49. The second-order valence-electron chi connectivity index (χ2n) is 3.33. The minimum atomic E-state index is -0.229. The molecule has 14 heavy (non-hydrogen) atoms. The molecule has 1 rings (SSSR count). The average Bonchev–Trinajstić information content (AvgIpc) is 2.14. The number of benzene rings is 1. The van der Waals surface area contributed by atoms with E-state index in [1.807, 2.05) is 11.9 Å². The highest BCUT2D eigenvalue weighted by molar-refractivity contribution is 6.31. The molecule has 0 N–H and O–H groups in total. The molecule has 0 amide bonds. The van der Waals surface area contributed by atoms with Crippen LogP contribution in [0.2, 0.25) is 5.02 Å². The van der Waals surface area contributed by atoms with Gasteiger partial charge in [0.1, 0.15) is 5.82 Å². The number of hydrogen-bond acceptors (Lipinski definition) is 1. The highest BCUT2D eigenvalue weighted by Gasteiger charge is 2.07. The number of alkyl halides is 1. The molecular formula is C10H12Cl2FN. The van der Waals surface area contributed by atoms with Crippen molar-refractivity contribution in [1.82, 2.24) is 4.90 Å². The summed E-state index contributed by atoms with van der Waals surface area (Å²) in [6.07, 6.45) is 0. The second-order valence-corrected chi connectivity index (χ2v) is 3.97. The van der Waals surface area contributed by atoms with Crippen LogP contribution in [-0.4, -0.2) is 18.0 Å². The molecule has 0 saturated heterocycles.